The summed E-state index contributed by atoms with van der Waals surface area (Å²) in [5.41, 5.74) is 0.747. The molecule has 0 aromatic heterocycles. The molecular formula is C21H31N3O5S. The zero-order valence-electron chi connectivity index (χ0n) is 17.5. The predicted octanol–water partition coefficient (Wildman–Crippen LogP) is 2.27. The Kier molecular flexibility index (Phi) is 7.23. The lowest BCUT2D eigenvalue weighted by Crippen LogP contribution is -2.44. The van der Waals surface area contributed by atoms with E-state index >= 15 is 0 Å². The van der Waals surface area contributed by atoms with Crippen LogP contribution in [0.1, 0.15) is 44.9 Å². The van der Waals surface area contributed by atoms with Crippen LogP contribution >= 0.6 is 0 Å². The maximum atomic E-state index is 12.4. The number of hydrogen-bond donors (Lipinski definition) is 2. The number of carbonyl (C=O) groups is 2. The van der Waals surface area contributed by atoms with Gasteiger partial charge in [0.15, 0.2) is 0 Å². The van der Waals surface area contributed by atoms with E-state index in [4.69, 9.17) is 4.74 Å². The van der Waals surface area contributed by atoms with Crippen LogP contribution < -0.4 is 14.9 Å². The molecule has 8 nitrogen and oxygen atoms in total. The van der Waals surface area contributed by atoms with Gasteiger partial charge in [0.25, 0.3) is 0 Å². The number of piperidine rings is 1. The van der Waals surface area contributed by atoms with Gasteiger partial charge in [-0.15, -0.1) is 0 Å². The Labute approximate surface area is 178 Å². The van der Waals surface area contributed by atoms with Crippen LogP contribution in [0.2, 0.25) is 0 Å². The number of hydrogen-bond acceptors (Lipinski definition) is 6. The van der Waals surface area contributed by atoms with Crippen molar-refractivity contribution < 1.29 is 22.7 Å². The zero-order chi connectivity index (χ0) is 21.6. The first-order chi connectivity index (χ1) is 14.3. The number of anilines is 2. The van der Waals surface area contributed by atoms with Gasteiger partial charge in [0.2, 0.25) is 15.9 Å². The number of sulfonamides is 1. The van der Waals surface area contributed by atoms with Crippen LogP contribution in [-0.4, -0.2) is 52.8 Å². The number of rotatable bonds is 8. The second kappa shape index (κ2) is 9.68. The van der Waals surface area contributed by atoms with Gasteiger partial charge in [-0.05, 0) is 56.4 Å². The van der Waals surface area contributed by atoms with Gasteiger partial charge in [0, 0.05) is 31.0 Å². The summed E-state index contributed by atoms with van der Waals surface area (Å²) >= 11 is 0. The van der Waals surface area contributed by atoms with Crippen LogP contribution in [-0.2, 0) is 24.3 Å². The number of nitrogens with one attached hydrogen (secondary N) is 2. The molecule has 0 bridgehead atoms. The molecule has 2 N–H and O–H groups in total. The Hall–Kier alpha value is -2.29. The quantitative estimate of drug-likeness (QED) is 0.605. The standard InChI is InChI=1S/C21H31N3O5S/c1-29-20(26)21(11-3-4-12-21)16-22-19(25)15-30(27,28)23-17-7-9-18(10-8-17)24-13-5-2-6-14-24/h7-10,23H,2-6,11-16H2,1H3,(H,22,25). The fourth-order valence-corrected chi connectivity index (χ4v) is 5.34. The molecule has 166 valence electrons. The van der Waals surface area contributed by atoms with Crippen molar-refractivity contribution in [3.05, 3.63) is 24.3 Å². The van der Waals surface area contributed by atoms with Gasteiger partial charge in [-0.2, -0.15) is 0 Å². The number of nitrogens with zero attached hydrogens (tertiary/aromatic N) is 1. The molecule has 0 spiro atoms. The van der Waals surface area contributed by atoms with E-state index in [1.54, 1.807) is 12.1 Å². The summed E-state index contributed by atoms with van der Waals surface area (Å²) < 4.78 is 32.1. The Bertz CT molecular complexity index is 842. The van der Waals surface area contributed by atoms with Gasteiger partial charge in [-0.1, -0.05) is 12.8 Å². The number of esters is 1. The molecule has 1 heterocycles. The second-order valence-electron chi connectivity index (χ2n) is 8.21. The van der Waals surface area contributed by atoms with Crippen LogP contribution in [0, 0.1) is 5.41 Å². The predicted molar refractivity (Wildman–Crippen MR) is 116 cm³/mol. The summed E-state index contributed by atoms with van der Waals surface area (Å²) in [4.78, 5) is 26.6. The molecular weight excluding hydrogens is 406 g/mol. The average Bonchev–Trinajstić information content (AvgIpc) is 3.22. The van der Waals surface area contributed by atoms with Gasteiger partial charge in [0.05, 0.1) is 12.5 Å². The molecule has 1 aromatic carbocycles. The molecule has 1 saturated heterocycles. The second-order valence-corrected chi connectivity index (χ2v) is 9.93. The van der Waals surface area contributed by atoms with Gasteiger partial charge >= 0.3 is 5.97 Å². The van der Waals surface area contributed by atoms with E-state index in [0.29, 0.717) is 18.5 Å². The first-order valence-corrected chi connectivity index (χ1v) is 12.2. The van der Waals surface area contributed by atoms with E-state index in [2.05, 4.69) is 14.9 Å². The third-order valence-corrected chi connectivity index (χ3v) is 7.17. The molecule has 2 aliphatic rings. The van der Waals surface area contributed by atoms with Crippen molar-refractivity contribution in [1.29, 1.82) is 0 Å². The zero-order valence-corrected chi connectivity index (χ0v) is 18.3. The van der Waals surface area contributed by atoms with Crippen molar-refractivity contribution in [3.8, 4) is 0 Å². The van der Waals surface area contributed by atoms with Crippen molar-refractivity contribution in [2.75, 3.05) is 42.1 Å². The van der Waals surface area contributed by atoms with Crippen LogP contribution in [0.15, 0.2) is 24.3 Å². The SMILES string of the molecule is COC(=O)C1(CNC(=O)CS(=O)(=O)Nc2ccc(N3CCCCC3)cc2)CCCC1. The van der Waals surface area contributed by atoms with E-state index < -0.39 is 27.1 Å². The van der Waals surface area contributed by atoms with Crippen molar-refractivity contribution in [1.82, 2.24) is 5.32 Å². The Morgan fingerprint density at radius 2 is 1.67 bits per heavy atom. The normalized spacial score (nSPS) is 18.6. The van der Waals surface area contributed by atoms with Crippen molar-refractivity contribution in [2.24, 2.45) is 5.41 Å². The molecule has 1 amide bonds. The fraction of sp³-hybridized carbons (Fsp3) is 0.619. The van der Waals surface area contributed by atoms with E-state index in [1.807, 2.05) is 12.1 Å². The molecule has 30 heavy (non-hydrogen) atoms. The molecule has 1 aliphatic heterocycles. The lowest BCUT2D eigenvalue weighted by Gasteiger charge is -2.28. The van der Waals surface area contributed by atoms with Crippen LogP contribution in [0.3, 0.4) is 0 Å². The number of ether oxygens (including phenoxy) is 1. The van der Waals surface area contributed by atoms with Gasteiger partial charge in [-0.25, -0.2) is 8.42 Å². The minimum absolute atomic E-state index is 0.0958. The number of methoxy groups -OCH3 is 1. The monoisotopic (exact) mass is 437 g/mol. The smallest absolute Gasteiger partial charge is 0.313 e. The molecule has 1 saturated carbocycles. The molecule has 0 atom stereocenters. The van der Waals surface area contributed by atoms with Crippen molar-refractivity contribution in [3.63, 3.8) is 0 Å². The topological polar surface area (TPSA) is 105 Å². The molecule has 1 aliphatic carbocycles. The summed E-state index contributed by atoms with van der Waals surface area (Å²) in [6.45, 7) is 2.12. The maximum Gasteiger partial charge on any atom is 0.313 e. The molecule has 0 unspecified atom stereocenters. The van der Waals surface area contributed by atoms with Crippen molar-refractivity contribution >= 4 is 33.3 Å². The van der Waals surface area contributed by atoms with E-state index in [-0.39, 0.29) is 12.5 Å². The summed E-state index contributed by atoms with van der Waals surface area (Å²) in [5.74, 6) is -1.68. The molecule has 0 radical (unpaired) electrons. The first-order valence-electron chi connectivity index (χ1n) is 10.5. The number of benzene rings is 1. The fourth-order valence-electron chi connectivity index (χ4n) is 4.32. The average molecular weight is 438 g/mol. The third kappa shape index (κ3) is 5.65. The summed E-state index contributed by atoms with van der Waals surface area (Å²) in [7, 11) is -2.53. The van der Waals surface area contributed by atoms with Crippen molar-refractivity contribution in [2.45, 2.75) is 44.9 Å². The van der Waals surface area contributed by atoms with Gasteiger partial charge in [-0.3, -0.25) is 14.3 Å². The van der Waals surface area contributed by atoms with Crippen LogP contribution in [0.5, 0.6) is 0 Å². The van der Waals surface area contributed by atoms with E-state index in [1.165, 1.54) is 26.4 Å². The highest BCUT2D eigenvalue weighted by molar-refractivity contribution is 7.93. The molecule has 1 aromatic rings. The number of amides is 1. The molecule has 2 fully saturated rings. The largest absolute Gasteiger partial charge is 0.469 e. The summed E-state index contributed by atoms with van der Waals surface area (Å²) in [5, 5.41) is 2.61. The number of carbonyl (C=O) groups excluding carboxylic acids is 2. The lowest BCUT2D eigenvalue weighted by atomic mass is 9.86. The lowest BCUT2D eigenvalue weighted by molar-refractivity contribution is -0.152. The minimum atomic E-state index is -3.85. The summed E-state index contributed by atoms with van der Waals surface area (Å²) in [6.07, 6.45) is 6.62. The van der Waals surface area contributed by atoms with Gasteiger partial charge < -0.3 is 15.0 Å². The Morgan fingerprint density at radius 1 is 1.03 bits per heavy atom. The molecule has 3 rings (SSSR count). The first kappa shape index (κ1) is 22.4. The third-order valence-electron chi connectivity index (χ3n) is 5.99. The van der Waals surface area contributed by atoms with Crippen LogP contribution in [0.25, 0.3) is 0 Å². The highest BCUT2D eigenvalue weighted by Crippen LogP contribution is 2.38. The maximum absolute atomic E-state index is 12.4. The van der Waals surface area contributed by atoms with E-state index in [0.717, 1.165) is 31.6 Å². The highest BCUT2D eigenvalue weighted by Gasteiger charge is 2.42. The van der Waals surface area contributed by atoms with Gasteiger partial charge in [0.1, 0.15) is 5.75 Å². The highest BCUT2D eigenvalue weighted by atomic mass is 32.2. The summed E-state index contributed by atoms with van der Waals surface area (Å²) in [6, 6.07) is 7.21. The molecule has 9 heteroatoms. The minimum Gasteiger partial charge on any atom is -0.469 e. The van der Waals surface area contributed by atoms with Crippen LogP contribution in [0.4, 0.5) is 11.4 Å². The Balaban J connectivity index is 1.53. The van der Waals surface area contributed by atoms with E-state index in [9.17, 15) is 18.0 Å². The Morgan fingerprint density at radius 3 is 2.27 bits per heavy atom.